The third-order valence-corrected chi connectivity index (χ3v) is 4.93. The number of urea groups is 1. The highest BCUT2D eigenvalue weighted by Crippen LogP contribution is 2.31. The average Bonchev–Trinajstić information content (AvgIpc) is 2.36. The normalized spacial score (nSPS) is 19.0. The largest absolute Gasteiger partial charge is 0.481 e. The van der Waals surface area contributed by atoms with Crippen LogP contribution in [0.3, 0.4) is 0 Å². The highest BCUT2D eigenvalue weighted by atomic mass is 16.4. The molecule has 0 unspecified atom stereocenters. The molecule has 0 saturated carbocycles. The van der Waals surface area contributed by atoms with Gasteiger partial charge in [0, 0.05) is 19.6 Å². The van der Waals surface area contributed by atoms with Crippen LogP contribution in [0.25, 0.3) is 0 Å². The minimum absolute atomic E-state index is 0.0566. The van der Waals surface area contributed by atoms with Crippen molar-refractivity contribution in [1.29, 1.82) is 0 Å². The molecule has 1 fully saturated rings. The van der Waals surface area contributed by atoms with Gasteiger partial charge >= 0.3 is 12.0 Å². The Morgan fingerprint density at radius 1 is 1.30 bits per heavy atom. The van der Waals surface area contributed by atoms with Gasteiger partial charge in [-0.2, -0.15) is 0 Å². The first-order valence-electron chi connectivity index (χ1n) is 7.35. The van der Waals surface area contributed by atoms with Crippen LogP contribution in [0.4, 0.5) is 4.79 Å². The minimum atomic E-state index is -0.765. The van der Waals surface area contributed by atoms with E-state index < -0.39 is 11.4 Å². The average molecular weight is 284 g/mol. The van der Waals surface area contributed by atoms with Gasteiger partial charge < -0.3 is 15.3 Å². The number of carboxylic acid groups (broad SMARTS) is 1. The summed E-state index contributed by atoms with van der Waals surface area (Å²) in [5, 5.41) is 12.1. The molecule has 5 nitrogen and oxygen atoms in total. The van der Waals surface area contributed by atoms with Gasteiger partial charge in [-0.05, 0) is 31.1 Å². The third-order valence-electron chi connectivity index (χ3n) is 4.93. The summed E-state index contributed by atoms with van der Waals surface area (Å²) in [6.07, 6.45) is 1.03. The first-order valence-corrected chi connectivity index (χ1v) is 7.35. The summed E-state index contributed by atoms with van der Waals surface area (Å²) in [6, 6.07) is -0.0776. The lowest BCUT2D eigenvalue weighted by Crippen LogP contribution is -2.50. The van der Waals surface area contributed by atoms with E-state index in [1.807, 2.05) is 0 Å². The monoisotopic (exact) mass is 284 g/mol. The van der Waals surface area contributed by atoms with E-state index in [9.17, 15) is 14.7 Å². The van der Waals surface area contributed by atoms with E-state index in [2.05, 4.69) is 33.0 Å². The number of likely N-dealkylation sites (tertiary alicyclic amines) is 1. The van der Waals surface area contributed by atoms with Gasteiger partial charge in [0.05, 0.1) is 5.41 Å². The van der Waals surface area contributed by atoms with Crippen LogP contribution in [0.5, 0.6) is 0 Å². The number of carboxylic acids is 1. The molecule has 0 aromatic carbocycles. The van der Waals surface area contributed by atoms with Gasteiger partial charge in [-0.1, -0.05) is 27.7 Å². The predicted molar refractivity (Wildman–Crippen MR) is 78.6 cm³/mol. The number of carbonyl (C=O) groups is 2. The standard InChI is InChI=1S/C15H28N2O3/c1-11(2)14(3,4)10-16-13(20)17-8-6-15(5,7-9-17)12(18)19/h11H,6-10H2,1-5H3,(H,16,20)(H,18,19). The van der Waals surface area contributed by atoms with Gasteiger partial charge in [-0.3, -0.25) is 4.79 Å². The second-order valence-electron chi connectivity index (χ2n) is 7.15. The SMILES string of the molecule is CC(C)C(C)(C)CNC(=O)N1CCC(C)(C(=O)O)CC1. The molecule has 0 aromatic rings. The van der Waals surface area contributed by atoms with Crippen LogP contribution in [-0.4, -0.2) is 41.6 Å². The Morgan fingerprint density at radius 3 is 2.20 bits per heavy atom. The van der Waals surface area contributed by atoms with Crippen LogP contribution in [-0.2, 0) is 4.79 Å². The summed E-state index contributed by atoms with van der Waals surface area (Å²) in [5.41, 5.74) is -0.630. The number of aliphatic carboxylic acids is 1. The molecule has 0 bridgehead atoms. The van der Waals surface area contributed by atoms with Crippen LogP contribution in [0, 0.1) is 16.7 Å². The highest BCUT2D eigenvalue weighted by Gasteiger charge is 2.38. The maximum Gasteiger partial charge on any atom is 0.317 e. The summed E-state index contributed by atoms with van der Waals surface area (Å²) in [4.78, 5) is 25.0. The molecule has 20 heavy (non-hydrogen) atoms. The van der Waals surface area contributed by atoms with Crippen molar-refractivity contribution in [2.24, 2.45) is 16.7 Å². The van der Waals surface area contributed by atoms with Crippen LogP contribution in [0.15, 0.2) is 0 Å². The molecule has 2 amide bonds. The number of nitrogens with zero attached hydrogens (tertiary/aromatic N) is 1. The quantitative estimate of drug-likeness (QED) is 0.833. The number of piperidine rings is 1. The number of nitrogens with one attached hydrogen (secondary N) is 1. The molecule has 2 N–H and O–H groups in total. The fourth-order valence-electron chi connectivity index (χ4n) is 2.04. The Balaban J connectivity index is 2.46. The molecular formula is C15H28N2O3. The second kappa shape index (κ2) is 6.02. The fraction of sp³-hybridized carbons (Fsp3) is 0.867. The lowest BCUT2D eigenvalue weighted by molar-refractivity contribution is -0.150. The van der Waals surface area contributed by atoms with Gasteiger partial charge in [-0.15, -0.1) is 0 Å². The van der Waals surface area contributed by atoms with E-state index in [1.54, 1.807) is 11.8 Å². The van der Waals surface area contributed by atoms with Crippen LogP contribution < -0.4 is 5.32 Å². The van der Waals surface area contributed by atoms with Crippen molar-refractivity contribution in [3.8, 4) is 0 Å². The molecule has 5 heteroatoms. The Hall–Kier alpha value is -1.26. The molecule has 0 atom stereocenters. The number of amides is 2. The van der Waals surface area contributed by atoms with Gasteiger partial charge in [0.15, 0.2) is 0 Å². The van der Waals surface area contributed by atoms with Crippen molar-refractivity contribution in [1.82, 2.24) is 10.2 Å². The maximum absolute atomic E-state index is 12.1. The van der Waals surface area contributed by atoms with Crippen molar-refractivity contribution in [3.05, 3.63) is 0 Å². The topological polar surface area (TPSA) is 69.6 Å². The van der Waals surface area contributed by atoms with Crippen molar-refractivity contribution in [2.75, 3.05) is 19.6 Å². The molecule has 0 spiro atoms. The Kier molecular flexibility index (Phi) is 5.05. The smallest absolute Gasteiger partial charge is 0.317 e. The van der Waals surface area contributed by atoms with E-state index in [4.69, 9.17) is 0 Å². The Morgan fingerprint density at radius 2 is 1.80 bits per heavy atom. The summed E-state index contributed by atoms with van der Waals surface area (Å²) < 4.78 is 0. The summed E-state index contributed by atoms with van der Waals surface area (Å²) in [5.74, 6) is -0.280. The van der Waals surface area contributed by atoms with Gasteiger partial charge in [0.2, 0.25) is 0 Å². The predicted octanol–water partition coefficient (Wildman–Crippen LogP) is 2.56. The van der Waals surface area contributed by atoms with E-state index >= 15 is 0 Å². The third kappa shape index (κ3) is 3.87. The van der Waals surface area contributed by atoms with Crippen molar-refractivity contribution in [3.63, 3.8) is 0 Å². The number of carbonyl (C=O) groups excluding carboxylic acids is 1. The minimum Gasteiger partial charge on any atom is -0.481 e. The van der Waals surface area contributed by atoms with Crippen molar-refractivity contribution in [2.45, 2.75) is 47.5 Å². The zero-order chi connectivity index (χ0) is 15.6. The molecule has 0 radical (unpaired) electrons. The molecule has 1 rings (SSSR count). The van der Waals surface area contributed by atoms with Crippen molar-refractivity contribution >= 4 is 12.0 Å². The number of hydrogen-bond donors (Lipinski definition) is 2. The van der Waals surface area contributed by atoms with Gasteiger partial charge in [-0.25, -0.2) is 4.79 Å². The van der Waals surface area contributed by atoms with Crippen LogP contribution in [0.1, 0.15) is 47.5 Å². The summed E-state index contributed by atoms with van der Waals surface area (Å²) >= 11 is 0. The molecule has 1 aliphatic rings. The molecular weight excluding hydrogens is 256 g/mol. The summed E-state index contributed by atoms with van der Waals surface area (Å²) in [7, 11) is 0. The number of rotatable bonds is 4. The van der Waals surface area contributed by atoms with Crippen LogP contribution >= 0.6 is 0 Å². The molecule has 0 aliphatic carbocycles. The van der Waals surface area contributed by atoms with Crippen LogP contribution in [0.2, 0.25) is 0 Å². The van der Waals surface area contributed by atoms with E-state index in [0.717, 1.165) is 0 Å². The van der Waals surface area contributed by atoms with Crippen molar-refractivity contribution < 1.29 is 14.7 Å². The fourth-order valence-corrected chi connectivity index (χ4v) is 2.04. The molecule has 116 valence electrons. The van der Waals surface area contributed by atoms with E-state index in [1.165, 1.54) is 0 Å². The molecule has 1 saturated heterocycles. The molecule has 1 aliphatic heterocycles. The zero-order valence-electron chi connectivity index (χ0n) is 13.3. The summed E-state index contributed by atoms with van der Waals surface area (Å²) in [6.45, 7) is 12.0. The zero-order valence-corrected chi connectivity index (χ0v) is 13.3. The lowest BCUT2D eigenvalue weighted by Gasteiger charge is -2.37. The molecule has 0 aromatic heterocycles. The Bertz CT molecular complexity index is 369. The number of hydrogen-bond acceptors (Lipinski definition) is 2. The van der Waals surface area contributed by atoms with E-state index in [0.29, 0.717) is 38.4 Å². The maximum atomic E-state index is 12.1. The van der Waals surface area contributed by atoms with Gasteiger partial charge in [0.25, 0.3) is 0 Å². The highest BCUT2D eigenvalue weighted by molar-refractivity contribution is 5.77. The first kappa shape index (κ1) is 16.8. The molecule has 1 heterocycles. The first-order chi connectivity index (χ1) is 9.08. The second-order valence-corrected chi connectivity index (χ2v) is 7.15. The lowest BCUT2D eigenvalue weighted by atomic mass is 9.80. The van der Waals surface area contributed by atoms with Gasteiger partial charge in [0.1, 0.15) is 0 Å². The Labute approximate surface area is 121 Å². The van der Waals surface area contributed by atoms with E-state index in [-0.39, 0.29) is 11.4 Å².